The number of carbonyl (C=O) groups is 2. The number of benzene rings is 1. The normalized spacial score (nSPS) is 26.4. The molecule has 8 nitrogen and oxygen atoms in total. The van der Waals surface area contributed by atoms with Gasteiger partial charge in [-0.2, -0.15) is 0 Å². The summed E-state index contributed by atoms with van der Waals surface area (Å²) in [6.45, 7) is 4.77. The minimum Gasteiger partial charge on any atom is -0.358 e. The van der Waals surface area contributed by atoms with Crippen molar-refractivity contribution in [3.63, 3.8) is 0 Å². The second-order valence-corrected chi connectivity index (χ2v) is 9.72. The molecule has 1 aromatic carbocycles. The van der Waals surface area contributed by atoms with Gasteiger partial charge in [0.15, 0.2) is 5.11 Å². The Morgan fingerprint density at radius 1 is 1.22 bits per heavy atom. The first-order chi connectivity index (χ1) is 15.4. The van der Waals surface area contributed by atoms with Crippen LogP contribution in [0.5, 0.6) is 0 Å². The number of rotatable bonds is 5. The van der Waals surface area contributed by atoms with Crippen LogP contribution in [0.15, 0.2) is 24.3 Å². The molecule has 0 spiro atoms. The molecule has 0 saturated carbocycles. The van der Waals surface area contributed by atoms with Crippen LogP contribution in [0.3, 0.4) is 0 Å². The summed E-state index contributed by atoms with van der Waals surface area (Å²) in [5, 5.41) is 10.7. The van der Waals surface area contributed by atoms with Crippen molar-refractivity contribution in [3.05, 3.63) is 29.3 Å². The number of anilines is 1. The first-order valence-electron chi connectivity index (χ1n) is 11.2. The Bertz CT molecular complexity index is 845. The van der Waals surface area contributed by atoms with Crippen molar-refractivity contribution in [2.75, 3.05) is 51.6 Å². The number of amides is 2. The smallest absolute Gasteiger partial charge is 0.237 e. The molecule has 4 rings (SSSR count). The Balaban J connectivity index is 1.28. The van der Waals surface area contributed by atoms with Crippen LogP contribution in [0.2, 0.25) is 5.02 Å². The number of thiocarbonyl (C=S) groups is 1. The number of nitrogens with zero attached hydrogens (tertiary/aromatic N) is 3. The monoisotopic (exact) mass is 478 g/mol. The molecule has 10 heteroatoms. The van der Waals surface area contributed by atoms with Crippen molar-refractivity contribution in [1.29, 1.82) is 0 Å². The third-order valence-corrected chi connectivity index (χ3v) is 7.08. The molecule has 3 aliphatic rings. The summed E-state index contributed by atoms with van der Waals surface area (Å²) >= 11 is 11.4. The van der Waals surface area contributed by atoms with Crippen LogP contribution < -0.4 is 16.0 Å². The summed E-state index contributed by atoms with van der Waals surface area (Å²) in [5.74, 6) is 0.279. The number of likely N-dealkylation sites (N-methyl/N-ethyl adjacent to an activating group) is 1. The average molecular weight is 479 g/mol. The maximum absolute atomic E-state index is 12.7. The van der Waals surface area contributed by atoms with Gasteiger partial charge in [0.05, 0.1) is 6.04 Å². The van der Waals surface area contributed by atoms with E-state index in [0.717, 1.165) is 44.8 Å². The van der Waals surface area contributed by atoms with Gasteiger partial charge in [-0.15, -0.1) is 0 Å². The predicted octanol–water partition coefficient (Wildman–Crippen LogP) is 1.12. The summed E-state index contributed by atoms with van der Waals surface area (Å²) in [5.41, 5.74) is 0.862. The highest BCUT2D eigenvalue weighted by atomic mass is 35.5. The van der Waals surface area contributed by atoms with Crippen LogP contribution in [0.25, 0.3) is 0 Å². The highest BCUT2D eigenvalue weighted by Gasteiger charge is 2.43. The topological polar surface area (TPSA) is 79.9 Å². The van der Waals surface area contributed by atoms with Crippen LogP contribution in [0.1, 0.15) is 19.3 Å². The Labute approximate surface area is 199 Å². The van der Waals surface area contributed by atoms with Gasteiger partial charge in [-0.1, -0.05) is 11.6 Å². The lowest BCUT2D eigenvalue weighted by molar-refractivity contribution is -0.133. The van der Waals surface area contributed by atoms with Crippen LogP contribution >= 0.6 is 23.8 Å². The van der Waals surface area contributed by atoms with Crippen molar-refractivity contribution >= 4 is 46.4 Å². The molecule has 3 fully saturated rings. The van der Waals surface area contributed by atoms with E-state index in [0.29, 0.717) is 29.5 Å². The van der Waals surface area contributed by atoms with Gasteiger partial charge in [0, 0.05) is 68.5 Å². The van der Waals surface area contributed by atoms with Gasteiger partial charge in [0.1, 0.15) is 0 Å². The van der Waals surface area contributed by atoms with E-state index in [1.165, 1.54) is 0 Å². The maximum Gasteiger partial charge on any atom is 0.237 e. The van der Waals surface area contributed by atoms with Gasteiger partial charge in [-0.3, -0.25) is 14.5 Å². The van der Waals surface area contributed by atoms with Gasteiger partial charge >= 0.3 is 0 Å². The van der Waals surface area contributed by atoms with Crippen molar-refractivity contribution in [2.45, 2.75) is 37.4 Å². The quantitative estimate of drug-likeness (QED) is 0.547. The fourth-order valence-corrected chi connectivity index (χ4v) is 5.15. The van der Waals surface area contributed by atoms with Crippen LogP contribution in [-0.4, -0.2) is 96.1 Å². The number of hydrogen-bond acceptors (Lipinski definition) is 5. The fraction of sp³-hybridized carbons (Fsp3) is 0.591. The number of piperazine rings is 2. The summed E-state index contributed by atoms with van der Waals surface area (Å²) in [7, 11) is 2.08. The zero-order valence-corrected chi connectivity index (χ0v) is 19.9. The minimum atomic E-state index is -0.177. The van der Waals surface area contributed by atoms with E-state index in [1.807, 2.05) is 17.0 Å². The largest absolute Gasteiger partial charge is 0.358 e. The van der Waals surface area contributed by atoms with Crippen LogP contribution in [0, 0.1) is 0 Å². The molecule has 3 aliphatic heterocycles. The summed E-state index contributed by atoms with van der Waals surface area (Å²) < 4.78 is 0. The molecule has 3 saturated heterocycles. The second-order valence-electron chi connectivity index (χ2n) is 8.87. The SMILES string of the molecule is CN1CCN(C(=O)CCC2CNC(=O)C3CC(NC(=S)Nc4ccc(Cl)cc4)CN23)CC1. The fourth-order valence-electron chi connectivity index (χ4n) is 4.74. The van der Waals surface area contributed by atoms with Crippen LogP contribution in [-0.2, 0) is 9.59 Å². The highest BCUT2D eigenvalue weighted by molar-refractivity contribution is 7.80. The zero-order chi connectivity index (χ0) is 22.7. The molecule has 3 unspecified atom stereocenters. The van der Waals surface area contributed by atoms with E-state index < -0.39 is 0 Å². The number of nitrogens with one attached hydrogen (secondary N) is 3. The first-order valence-corrected chi connectivity index (χ1v) is 12.0. The van der Waals surface area contributed by atoms with Gasteiger partial charge in [-0.05, 0) is 56.4 Å². The highest BCUT2D eigenvalue weighted by Crippen LogP contribution is 2.26. The molecule has 3 N–H and O–H groups in total. The maximum atomic E-state index is 12.7. The summed E-state index contributed by atoms with van der Waals surface area (Å²) in [6, 6.07) is 7.42. The molecule has 0 aliphatic carbocycles. The van der Waals surface area contributed by atoms with Crippen molar-refractivity contribution in [1.82, 2.24) is 25.3 Å². The Hall–Kier alpha value is -1.94. The molecule has 32 heavy (non-hydrogen) atoms. The van der Waals surface area contributed by atoms with Crippen molar-refractivity contribution in [2.24, 2.45) is 0 Å². The van der Waals surface area contributed by atoms with Gasteiger partial charge < -0.3 is 25.8 Å². The molecular formula is C22H31ClN6O2S. The van der Waals surface area contributed by atoms with Gasteiger partial charge in [0.25, 0.3) is 0 Å². The molecule has 3 heterocycles. The molecule has 2 amide bonds. The first kappa shape index (κ1) is 23.2. The molecule has 0 radical (unpaired) electrons. The lowest BCUT2D eigenvalue weighted by atomic mass is 10.0. The molecular weight excluding hydrogens is 448 g/mol. The van der Waals surface area contributed by atoms with E-state index in [2.05, 4.69) is 32.8 Å². The number of fused-ring (bicyclic) bond motifs is 1. The van der Waals surface area contributed by atoms with Crippen LogP contribution in [0.4, 0.5) is 5.69 Å². The Kier molecular flexibility index (Phi) is 7.50. The predicted molar refractivity (Wildman–Crippen MR) is 130 cm³/mol. The van der Waals surface area contributed by atoms with Crippen molar-refractivity contribution < 1.29 is 9.59 Å². The second kappa shape index (κ2) is 10.3. The molecule has 0 aromatic heterocycles. The Morgan fingerprint density at radius 3 is 2.66 bits per heavy atom. The van der Waals surface area contributed by atoms with Gasteiger partial charge in [-0.25, -0.2) is 0 Å². The van der Waals surface area contributed by atoms with E-state index in [1.54, 1.807) is 12.1 Å². The molecule has 3 atom stereocenters. The van der Waals surface area contributed by atoms with Crippen molar-refractivity contribution in [3.8, 4) is 0 Å². The molecule has 1 aromatic rings. The molecule has 0 bridgehead atoms. The summed E-state index contributed by atoms with van der Waals surface area (Å²) in [4.78, 5) is 31.6. The summed E-state index contributed by atoms with van der Waals surface area (Å²) in [6.07, 6.45) is 1.96. The lowest BCUT2D eigenvalue weighted by Crippen LogP contribution is -2.58. The Morgan fingerprint density at radius 2 is 1.94 bits per heavy atom. The number of hydrogen-bond donors (Lipinski definition) is 3. The van der Waals surface area contributed by atoms with E-state index >= 15 is 0 Å². The lowest BCUT2D eigenvalue weighted by Gasteiger charge is -2.38. The zero-order valence-electron chi connectivity index (χ0n) is 18.3. The standard InChI is InChI=1S/C22H31ClN6O2S/c1-27-8-10-28(11-9-27)20(30)7-6-18-13-24-21(31)19-12-17(14-29(18)19)26-22(32)25-16-4-2-15(23)3-5-16/h2-5,17-19H,6-14H2,1H3,(H,24,31)(H2,25,26,32). The van der Waals surface area contributed by atoms with E-state index in [-0.39, 0.29) is 29.9 Å². The molecule has 174 valence electrons. The van der Waals surface area contributed by atoms with E-state index in [9.17, 15) is 9.59 Å². The number of carbonyl (C=O) groups excluding carboxylic acids is 2. The third-order valence-electron chi connectivity index (χ3n) is 6.61. The van der Waals surface area contributed by atoms with Gasteiger partial charge in [0.2, 0.25) is 11.8 Å². The average Bonchev–Trinajstić information content (AvgIpc) is 3.19. The number of halogens is 1. The minimum absolute atomic E-state index is 0.0625. The third kappa shape index (κ3) is 5.70. The van der Waals surface area contributed by atoms with E-state index in [4.69, 9.17) is 23.8 Å².